The number of carbonyl (C=O) groups excluding carboxylic acids is 1. The SMILES string of the molecule is COc1ccc2nc(NC3=NC(c4ccccc4Cl)C(C(=O)Nc4nnc(-c5cccnc5)s4)=C(C)N3)oc2c1. The predicted octanol–water partition coefficient (Wildman–Crippen LogP) is 5.43. The van der Waals surface area contributed by atoms with Crippen molar-refractivity contribution >= 4 is 57.1 Å². The molecule has 0 bridgehead atoms. The Morgan fingerprint density at radius 3 is 2.83 bits per heavy atom. The smallest absolute Gasteiger partial charge is 0.302 e. The van der Waals surface area contributed by atoms with Gasteiger partial charge in [-0.05, 0) is 37.3 Å². The highest BCUT2D eigenvalue weighted by molar-refractivity contribution is 7.18. The molecule has 11 nitrogen and oxygen atoms in total. The first-order chi connectivity index (χ1) is 19.5. The van der Waals surface area contributed by atoms with Gasteiger partial charge in [-0.1, -0.05) is 41.1 Å². The Morgan fingerprint density at radius 1 is 1.15 bits per heavy atom. The second-order valence-corrected chi connectivity index (χ2v) is 10.0. The summed E-state index contributed by atoms with van der Waals surface area (Å²) in [7, 11) is 1.58. The van der Waals surface area contributed by atoms with Gasteiger partial charge in [-0.25, -0.2) is 4.99 Å². The number of guanidine groups is 1. The van der Waals surface area contributed by atoms with Crippen LogP contribution in [0, 0.1) is 0 Å². The van der Waals surface area contributed by atoms with Crippen molar-refractivity contribution < 1.29 is 13.9 Å². The molecule has 0 saturated carbocycles. The van der Waals surface area contributed by atoms with E-state index in [1.54, 1.807) is 50.7 Å². The standard InChI is InChI=1S/C27H21ClN8O3S/c1-14-21(23(37)33-27-36-35-24(40-27)15-6-5-11-29-13-15)22(17-7-3-4-8-18(17)28)32-25(30-14)34-26-31-19-10-9-16(38-2)12-20(19)39-26/h3-13,22H,1-2H3,(H,33,36,37)(H2,30,31,32,34). The topological polar surface area (TPSA) is 139 Å². The van der Waals surface area contributed by atoms with Crippen LogP contribution in [0.4, 0.5) is 11.1 Å². The molecular formula is C27H21ClN8O3S. The summed E-state index contributed by atoms with van der Waals surface area (Å²) in [6, 6.07) is 15.8. The molecule has 3 aromatic heterocycles. The molecule has 6 rings (SSSR count). The molecule has 1 aliphatic heterocycles. The Balaban J connectivity index is 1.29. The maximum Gasteiger partial charge on any atom is 0.302 e. The maximum absolute atomic E-state index is 13.6. The van der Waals surface area contributed by atoms with Crippen molar-refractivity contribution in [3.05, 3.63) is 88.8 Å². The number of methoxy groups -OCH3 is 1. The molecule has 0 saturated heterocycles. The van der Waals surface area contributed by atoms with E-state index in [9.17, 15) is 4.79 Å². The third-order valence-electron chi connectivity index (χ3n) is 6.06. The van der Waals surface area contributed by atoms with Gasteiger partial charge < -0.3 is 14.5 Å². The van der Waals surface area contributed by atoms with E-state index in [1.807, 2.05) is 30.3 Å². The predicted molar refractivity (Wildman–Crippen MR) is 153 cm³/mol. The molecule has 1 amide bonds. The Kier molecular flexibility index (Phi) is 6.84. The highest BCUT2D eigenvalue weighted by Crippen LogP contribution is 2.36. The lowest BCUT2D eigenvalue weighted by Crippen LogP contribution is -2.37. The number of nitrogens with zero attached hydrogens (tertiary/aromatic N) is 5. The fourth-order valence-corrected chi connectivity index (χ4v) is 5.15. The fraction of sp³-hybridized carbons (Fsp3) is 0.111. The largest absolute Gasteiger partial charge is 0.497 e. The average Bonchev–Trinajstić information content (AvgIpc) is 3.59. The van der Waals surface area contributed by atoms with Gasteiger partial charge in [0.15, 0.2) is 10.6 Å². The zero-order valence-corrected chi connectivity index (χ0v) is 22.7. The van der Waals surface area contributed by atoms with Crippen molar-refractivity contribution in [1.29, 1.82) is 0 Å². The molecule has 0 aliphatic carbocycles. The number of aliphatic imine (C=N–C) groups is 1. The summed E-state index contributed by atoms with van der Waals surface area (Å²) in [5.41, 5.74) is 3.61. The number of benzene rings is 2. The number of hydrogen-bond acceptors (Lipinski definition) is 11. The number of oxazole rings is 1. The zero-order chi connectivity index (χ0) is 27.6. The molecule has 1 unspecified atom stereocenters. The summed E-state index contributed by atoms with van der Waals surface area (Å²) >= 11 is 7.81. The average molecular weight is 573 g/mol. The van der Waals surface area contributed by atoms with Gasteiger partial charge >= 0.3 is 6.01 Å². The number of hydrogen-bond donors (Lipinski definition) is 3. The molecule has 0 radical (unpaired) electrons. The minimum absolute atomic E-state index is 0.227. The van der Waals surface area contributed by atoms with Crippen LogP contribution in [0.25, 0.3) is 21.7 Å². The van der Waals surface area contributed by atoms with E-state index in [-0.39, 0.29) is 11.9 Å². The molecule has 13 heteroatoms. The molecule has 0 spiro atoms. The van der Waals surface area contributed by atoms with Crippen LogP contribution in [0.5, 0.6) is 5.75 Å². The van der Waals surface area contributed by atoms with E-state index in [0.29, 0.717) is 54.8 Å². The fourth-order valence-electron chi connectivity index (χ4n) is 4.19. The van der Waals surface area contributed by atoms with Crippen LogP contribution in [-0.2, 0) is 4.79 Å². The van der Waals surface area contributed by atoms with Gasteiger partial charge in [0.1, 0.15) is 17.3 Å². The van der Waals surface area contributed by atoms with E-state index in [4.69, 9.17) is 25.7 Å². The number of amides is 1. The molecule has 2 aromatic carbocycles. The third kappa shape index (κ3) is 5.09. The number of allylic oxidation sites excluding steroid dienone is 1. The summed E-state index contributed by atoms with van der Waals surface area (Å²) in [6.45, 7) is 1.78. The molecular weight excluding hydrogens is 552 g/mol. The molecule has 4 heterocycles. The summed E-state index contributed by atoms with van der Waals surface area (Å²) in [4.78, 5) is 27.0. The first-order valence-corrected chi connectivity index (χ1v) is 13.2. The van der Waals surface area contributed by atoms with Crippen LogP contribution in [-0.4, -0.2) is 39.1 Å². The highest BCUT2D eigenvalue weighted by atomic mass is 35.5. The Morgan fingerprint density at radius 2 is 2.02 bits per heavy atom. The van der Waals surface area contributed by atoms with E-state index >= 15 is 0 Å². The van der Waals surface area contributed by atoms with Crippen molar-refractivity contribution in [2.75, 3.05) is 17.7 Å². The van der Waals surface area contributed by atoms with Crippen LogP contribution in [0.2, 0.25) is 5.02 Å². The first kappa shape index (κ1) is 25.5. The van der Waals surface area contributed by atoms with E-state index in [0.717, 1.165) is 5.56 Å². The van der Waals surface area contributed by atoms with Gasteiger partial charge in [-0.15, -0.1) is 10.2 Å². The van der Waals surface area contributed by atoms with Crippen LogP contribution >= 0.6 is 22.9 Å². The van der Waals surface area contributed by atoms with Crippen LogP contribution in [0.15, 0.2) is 87.7 Å². The number of aromatic nitrogens is 4. The number of halogens is 1. The summed E-state index contributed by atoms with van der Waals surface area (Å²) < 4.78 is 11.1. The summed E-state index contributed by atoms with van der Waals surface area (Å²) in [5, 5.41) is 18.8. The first-order valence-electron chi connectivity index (χ1n) is 12.1. The molecule has 1 aliphatic rings. The van der Waals surface area contributed by atoms with E-state index in [2.05, 4.69) is 36.1 Å². The van der Waals surface area contributed by atoms with Crippen molar-refractivity contribution in [1.82, 2.24) is 25.5 Å². The van der Waals surface area contributed by atoms with Gasteiger partial charge in [0.2, 0.25) is 11.1 Å². The Labute approximate surface area is 237 Å². The number of nitrogens with one attached hydrogen (secondary N) is 3. The lowest BCUT2D eigenvalue weighted by Gasteiger charge is -2.26. The zero-order valence-electron chi connectivity index (χ0n) is 21.2. The molecule has 40 heavy (non-hydrogen) atoms. The van der Waals surface area contributed by atoms with E-state index < -0.39 is 6.04 Å². The third-order valence-corrected chi connectivity index (χ3v) is 7.29. The number of ether oxygens (including phenoxy) is 1. The van der Waals surface area contributed by atoms with Crippen molar-refractivity contribution in [2.45, 2.75) is 13.0 Å². The van der Waals surface area contributed by atoms with Gasteiger partial charge in [0.05, 0.1) is 12.7 Å². The van der Waals surface area contributed by atoms with Crippen molar-refractivity contribution in [3.63, 3.8) is 0 Å². The normalized spacial score (nSPS) is 15.0. The van der Waals surface area contributed by atoms with Gasteiger partial charge in [0.25, 0.3) is 5.91 Å². The lowest BCUT2D eigenvalue weighted by atomic mass is 9.95. The lowest BCUT2D eigenvalue weighted by molar-refractivity contribution is -0.113. The second-order valence-electron chi connectivity index (χ2n) is 8.65. The summed E-state index contributed by atoms with van der Waals surface area (Å²) in [5.74, 6) is 0.604. The number of rotatable bonds is 6. The number of pyridine rings is 1. The Hall–Kier alpha value is -4.81. The second kappa shape index (κ2) is 10.8. The van der Waals surface area contributed by atoms with Gasteiger partial charge in [0, 0.05) is 40.3 Å². The van der Waals surface area contributed by atoms with Crippen LogP contribution in [0.3, 0.4) is 0 Å². The number of anilines is 2. The molecule has 3 N–H and O–H groups in total. The molecule has 200 valence electrons. The van der Waals surface area contributed by atoms with Crippen molar-refractivity contribution in [2.24, 2.45) is 4.99 Å². The minimum Gasteiger partial charge on any atom is -0.497 e. The highest BCUT2D eigenvalue weighted by Gasteiger charge is 2.31. The Bertz CT molecular complexity index is 1780. The van der Waals surface area contributed by atoms with Crippen LogP contribution < -0.4 is 20.7 Å². The molecule has 1 atom stereocenters. The van der Waals surface area contributed by atoms with Crippen molar-refractivity contribution in [3.8, 4) is 16.3 Å². The molecule has 5 aromatic rings. The van der Waals surface area contributed by atoms with Crippen LogP contribution in [0.1, 0.15) is 18.5 Å². The quantitative estimate of drug-likeness (QED) is 0.243. The monoisotopic (exact) mass is 572 g/mol. The maximum atomic E-state index is 13.6. The summed E-state index contributed by atoms with van der Waals surface area (Å²) in [6.07, 6.45) is 3.37. The van der Waals surface area contributed by atoms with Gasteiger partial charge in [-0.3, -0.25) is 20.4 Å². The molecule has 0 fully saturated rings. The van der Waals surface area contributed by atoms with Gasteiger partial charge in [-0.2, -0.15) is 4.98 Å². The minimum atomic E-state index is -0.729. The van der Waals surface area contributed by atoms with E-state index in [1.165, 1.54) is 11.3 Å². The number of carbonyl (C=O) groups is 1. The number of fused-ring (bicyclic) bond motifs is 1.